The van der Waals surface area contributed by atoms with E-state index >= 15 is 0 Å². The molecule has 2 aromatic carbocycles. The quantitative estimate of drug-likeness (QED) is 0.853. The van der Waals surface area contributed by atoms with Crippen LogP contribution in [0.3, 0.4) is 0 Å². The molecule has 27 heavy (non-hydrogen) atoms. The molecule has 1 aliphatic carbocycles. The van der Waals surface area contributed by atoms with Crippen molar-refractivity contribution in [2.75, 3.05) is 19.6 Å². The van der Waals surface area contributed by atoms with Crippen LogP contribution in [0, 0.1) is 5.92 Å². The first-order chi connectivity index (χ1) is 12.7. The summed E-state index contributed by atoms with van der Waals surface area (Å²) >= 11 is 0. The first-order valence-electron chi connectivity index (χ1n) is 9.50. The van der Waals surface area contributed by atoms with E-state index in [9.17, 15) is 4.79 Å². The van der Waals surface area contributed by atoms with Crippen LogP contribution in [0.2, 0.25) is 0 Å². The second-order valence-corrected chi connectivity index (χ2v) is 7.38. The Labute approximate surface area is 167 Å². The standard InChI is InChI=1S/C22H26N2O2.ClH/c1-16-14-23-11-12-24(16)22(25)21-13-20(21)18-7-9-19(10-8-18)26-15-17-5-3-2-4-6-17;/h2-10,16,20-21,23H,11-15H2,1H3;1H/t16-,20?,21?;/m0./s1. The van der Waals surface area contributed by atoms with Gasteiger partial charge in [-0.15, -0.1) is 12.4 Å². The highest BCUT2D eigenvalue weighted by Crippen LogP contribution is 2.49. The van der Waals surface area contributed by atoms with Gasteiger partial charge in [0, 0.05) is 31.6 Å². The fourth-order valence-corrected chi connectivity index (χ4v) is 3.77. The maximum atomic E-state index is 12.8. The Morgan fingerprint density at radius 1 is 1.15 bits per heavy atom. The van der Waals surface area contributed by atoms with Crippen LogP contribution >= 0.6 is 12.4 Å². The van der Waals surface area contributed by atoms with Crippen molar-refractivity contribution in [1.29, 1.82) is 0 Å². The highest BCUT2D eigenvalue weighted by atomic mass is 35.5. The first kappa shape index (κ1) is 19.7. The maximum Gasteiger partial charge on any atom is 0.226 e. The van der Waals surface area contributed by atoms with E-state index in [1.54, 1.807) is 0 Å². The molecule has 1 N–H and O–H groups in total. The van der Waals surface area contributed by atoms with Crippen molar-refractivity contribution in [1.82, 2.24) is 10.2 Å². The second-order valence-electron chi connectivity index (χ2n) is 7.38. The van der Waals surface area contributed by atoms with E-state index in [-0.39, 0.29) is 18.3 Å². The number of piperazine rings is 1. The van der Waals surface area contributed by atoms with Crippen LogP contribution in [0.1, 0.15) is 30.4 Å². The molecule has 1 heterocycles. The van der Waals surface area contributed by atoms with E-state index in [0.29, 0.717) is 24.5 Å². The highest BCUT2D eigenvalue weighted by molar-refractivity contribution is 5.85. The van der Waals surface area contributed by atoms with Crippen molar-refractivity contribution in [3.63, 3.8) is 0 Å². The molecule has 2 aromatic rings. The highest BCUT2D eigenvalue weighted by Gasteiger charge is 2.46. The fraction of sp³-hybridized carbons (Fsp3) is 0.409. The van der Waals surface area contributed by atoms with Crippen molar-refractivity contribution >= 4 is 18.3 Å². The predicted molar refractivity (Wildman–Crippen MR) is 109 cm³/mol. The van der Waals surface area contributed by atoms with Gasteiger partial charge in [0.1, 0.15) is 12.4 Å². The summed E-state index contributed by atoms with van der Waals surface area (Å²) in [5.74, 6) is 1.73. The predicted octanol–water partition coefficient (Wildman–Crippen LogP) is 3.61. The second kappa shape index (κ2) is 8.77. The van der Waals surface area contributed by atoms with E-state index in [1.165, 1.54) is 5.56 Å². The number of benzene rings is 2. The normalized spacial score (nSPS) is 24.0. The zero-order valence-electron chi connectivity index (χ0n) is 15.6. The Hall–Kier alpha value is -2.04. The van der Waals surface area contributed by atoms with Crippen LogP contribution < -0.4 is 10.1 Å². The van der Waals surface area contributed by atoms with Gasteiger partial charge in [-0.1, -0.05) is 42.5 Å². The number of hydrogen-bond acceptors (Lipinski definition) is 3. The number of carbonyl (C=O) groups is 1. The SMILES string of the molecule is C[C@H]1CNCCN1C(=O)C1CC1c1ccc(OCc2ccccc2)cc1.Cl. The largest absolute Gasteiger partial charge is 0.489 e. The molecule has 4 rings (SSSR count). The lowest BCUT2D eigenvalue weighted by Crippen LogP contribution is -2.52. The summed E-state index contributed by atoms with van der Waals surface area (Å²) in [7, 11) is 0. The molecule has 5 heteroatoms. The summed E-state index contributed by atoms with van der Waals surface area (Å²) in [5, 5.41) is 3.34. The molecule has 0 bridgehead atoms. The number of hydrogen-bond donors (Lipinski definition) is 1. The lowest BCUT2D eigenvalue weighted by molar-refractivity contribution is -0.135. The summed E-state index contributed by atoms with van der Waals surface area (Å²) in [6.45, 7) is 5.33. The zero-order chi connectivity index (χ0) is 17.9. The topological polar surface area (TPSA) is 41.6 Å². The third kappa shape index (κ3) is 4.63. The minimum Gasteiger partial charge on any atom is -0.489 e. The molecule has 144 valence electrons. The van der Waals surface area contributed by atoms with Gasteiger partial charge in [-0.25, -0.2) is 0 Å². The number of carbonyl (C=O) groups excluding carboxylic acids is 1. The van der Waals surface area contributed by atoms with Gasteiger partial charge in [0.05, 0.1) is 0 Å². The van der Waals surface area contributed by atoms with Gasteiger partial charge in [-0.05, 0) is 42.5 Å². The van der Waals surface area contributed by atoms with Crippen molar-refractivity contribution in [2.45, 2.75) is 31.9 Å². The molecule has 3 atom stereocenters. The molecule has 2 unspecified atom stereocenters. The van der Waals surface area contributed by atoms with Gasteiger partial charge >= 0.3 is 0 Å². The number of amides is 1. The van der Waals surface area contributed by atoms with Crippen LogP contribution in [0.4, 0.5) is 0 Å². The molecule has 1 aliphatic heterocycles. The van der Waals surface area contributed by atoms with Crippen molar-refractivity contribution < 1.29 is 9.53 Å². The van der Waals surface area contributed by atoms with E-state index in [4.69, 9.17) is 4.74 Å². The van der Waals surface area contributed by atoms with Crippen LogP contribution in [0.25, 0.3) is 0 Å². The van der Waals surface area contributed by atoms with Crippen LogP contribution in [0.15, 0.2) is 54.6 Å². The van der Waals surface area contributed by atoms with Gasteiger partial charge in [0.2, 0.25) is 5.91 Å². The minimum atomic E-state index is 0. The molecule has 0 spiro atoms. The number of nitrogens with zero attached hydrogens (tertiary/aromatic N) is 1. The summed E-state index contributed by atoms with van der Waals surface area (Å²) in [5.41, 5.74) is 2.41. The Bertz CT molecular complexity index is 751. The van der Waals surface area contributed by atoms with E-state index in [0.717, 1.165) is 37.4 Å². The summed E-state index contributed by atoms with van der Waals surface area (Å²) in [6, 6.07) is 18.7. The Balaban J connectivity index is 0.00000210. The molecule has 1 saturated heterocycles. The van der Waals surface area contributed by atoms with Crippen LogP contribution in [-0.2, 0) is 11.4 Å². The molecule has 0 aromatic heterocycles. The smallest absolute Gasteiger partial charge is 0.226 e. The number of rotatable bonds is 5. The average molecular weight is 387 g/mol. The van der Waals surface area contributed by atoms with Gasteiger partial charge in [-0.2, -0.15) is 0 Å². The van der Waals surface area contributed by atoms with Crippen molar-refractivity contribution in [3.05, 3.63) is 65.7 Å². The molecular formula is C22H27ClN2O2. The third-order valence-corrected chi connectivity index (χ3v) is 5.45. The molecular weight excluding hydrogens is 360 g/mol. The minimum absolute atomic E-state index is 0. The summed E-state index contributed by atoms with van der Waals surface area (Å²) in [6.07, 6.45) is 0.972. The maximum absolute atomic E-state index is 12.8. The number of ether oxygens (including phenoxy) is 1. The Morgan fingerprint density at radius 2 is 1.89 bits per heavy atom. The molecule has 2 aliphatic rings. The van der Waals surface area contributed by atoms with E-state index in [2.05, 4.69) is 41.4 Å². The van der Waals surface area contributed by atoms with Crippen LogP contribution in [0.5, 0.6) is 5.75 Å². The van der Waals surface area contributed by atoms with Crippen LogP contribution in [-0.4, -0.2) is 36.5 Å². The zero-order valence-corrected chi connectivity index (χ0v) is 16.5. The van der Waals surface area contributed by atoms with Crippen molar-refractivity contribution in [2.24, 2.45) is 5.92 Å². The summed E-state index contributed by atoms with van der Waals surface area (Å²) in [4.78, 5) is 14.8. The monoisotopic (exact) mass is 386 g/mol. The van der Waals surface area contributed by atoms with Gasteiger partial charge < -0.3 is 15.0 Å². The fourth-order valence-electron chi connectivity index (χ4n) is 3.77. The van der Waals surface area contributed by atoms with E-state index in [1.807, 2.05) is 30.3 Å². The summed E-state index contributed by atoms with van der Waals surface area (Å²) < 4.78 is 5.85. The van der Waals surface area contributed by atoms with Gasteiger partial charge in [0.15, 0.2) is 0 Å². The van der Waals surface area contributed by atoms with E-state index < -0.39 is 0 Å². The molecule has 4 nitrogen and oxygen atoms in total. The number of nitrogens with one attached hydrogen (secondary N) is 1. The van der Waals surface area contributed by atoms with Crippen molar-refractivity contribution in [3.8, 4) is 5.75 Å². The Kier molecular flexibility index (Phi) is 6.40. The van der Waals surface area contributed by atoms with Gasteiger partial charge in [0.25, 0.3) is 0 Å². The molecule has 1 saturated carbocycles. The number of halogens is 1. The molecule has 2 fully saturated rings. The molecule has 1 amide bonds. The van der Waals surface area contributed by atoms with Gasteiger partial charge in [-0.3, -0.25) is 4.79 Å². The lowest BCUT2D eigenvalue weighted by atomic mass is 10.1. The third-order valence-electron chi connectivity index (χ3n) is 5.45. The Morgan fingerprint density at radius 3 is 2.59 bits per heavy atom. The lowest BCUT2D eigenvalue weighted by Gasteiger charge is -2.34. The first-order valence-corrected chi connectivity index (χ1v) is 9.50. The molecule has 0 radical (unpaired) electrons. The average Bonchev–Trinajstić information content (AvgIpc) is 3.48.